The number of pyridine rings is 1. The van der Waals surface area contributed by atoms with Crippen LogP contribution in [0, 0.1) is 12.8 Å². The molecule has 0 amide bonds. The molecule has 0 bridgehead atoms. The average molecular weight is 445 g/mol. The van der Waals surface area contributed by atoms with Crippen molar-refractivity contribution in [1.82, 2.24) is 19.9 Å². The normalized spacial score (nSPS) is 24.5. The number of aromatic nitrogens is 4. The SMILES string of the molecule is CC[C@@H](C)Nc1nc(C)c(-c2nc3cnccc3s2)c(N[C@@H]2C[C@H](CO)[C@@H](O)[C@H]2O)n1. The van der Waals surface area contributed by atoms with E-state index < -0.39 is 18.2 Å². The van der Waals surface area contributed by atoms with Gasteiger partial charge in [0.15, 0.2) is 0 Å². The third-order valence-electron chi connectivity index (χ3n) is 5.84. The highest BCUT2D eigenvalue weighted by atomic mass is 32.1. The van der Waals surface area contributed by atoms with Gasteiger partial charge in [0.2, 0.25) is 5.95 Å². The van der Waals surface area contributed by atoms with E-state index in [2.05, 4.69) is 34.4 Å². The summed E-state index contributed by atoms with van der Waals surface area (Å²) in [6.07, 6.45) is 2.81. The Morgan fingerprint density at radius 3 is 2.71 bits per heavy atom. The number of hydrogen-bond acceptors (Lipinski definition) is 10. The van der Waals surface area contributed by atoms with Gasteiger partial charge in [0.25, 0.3) is 0 Å². The van der Waals surface area contributed by atoms with Gasteiger partial charge in [-0.05, 0) is 32.8 Å². The summed E-state index contributed by atoms with van der Waals surface area (Å²) in [6, 6.07) is 1.67. The summed E-state index contributed by atoms with van der Waals surface area (Å²) < 4.78 is 1.01. The molecule has 0 aliphatic heterocycles. The summed E-state index contributed by atoms with van der Waals surface area (Å²) in [5, 5.41) is 37.6. The molecule has 10 heteroatoms. The van der Waals surface area contributed by atoms with Gasteiger partial charge in [-0.25, -0.2) is 9.97 Å². The minimum absolute atomic E-state index is 0.183. The van der Waals surface area contributed by atoms with Crippen LogP contribution in [0.4, 0.5) is 11.8 Å². The maximum absolute atomic E-state index is 10.5. The Morgan fingerprint density at radius 2 is 2.03 bits per heavy atom. The van der Waals surface area contributed by atoms with E-state index in [9.17, 15) is 15.3 Å². The van der Waals surface area contributed by atoms with Crippen LogP contribution in [0.5, 0.6) is 0 Å². The van der Waals surface area contributed by atoms with E-state index in [1.165, 1.54) is 11.3 Å². The molecule has 0 unspecified atom stereocenters. The molecule has 31 heavy (non-hydrogen) atoms. The fraction of sp³-hybridized carbons (Fsp3) is 0.524. The molecule has 3 heterocycles. The molecule has 3 aromatic heterocycles. The highest BCUT2D eigenvalue weighted by Gasteiger charge is 2.41. The average Bonchev–Trinajstić information content (AvgIpc) is 3.29. The molecule has 0 aromatic carbocycles. The third kappa shape index (κ3) is 4.33. The van der Waals surface area contributed by atoms with Gasteiger partial charge >= 0.3 is 0 Å². The first kappa shape index (κ1) is 21.8. The summed E-state index contributed by atoms with van der Waals surface area (Å²) in [5.74, 6) is 0.651. The molecule has 0 saturated heterocycles. The number of nitrogens with one attached hydrogen (secondary N) is 2. The second-order valence-corrected chi connectivity index (χ2v) is 9.11. The lowest BCUT2D eigenvalue weighted by Gasteiger charge is -2.22. The minimum Gasteiger partial charge on any atom is -0.396 e. The Kier molecular flexibility index (Phi) is 6.33. The van der Waals surface area contributed by atoms with E-state index in [0.29, 0.717) is 18.2 Å². The van der Waals surface area contributed by atoms with Gasteiger partial charge in [0.1, 0.15) is 22.4 Å². The van der Waals surface area contributed by atoms with Gasteiger partial charge in [-0.15, -0.1) is 11.3 Å². The van der Waals surface area contributed by atoms with Gasteiger partial charge in [0, 0.05) is 24.8 Å². The highest BCUT2D eigenvalue weighted by molar-refractivity contribution is 7.21. The molecule has 1 aliphatic rings. The fourth-order valence-electron chi connectivity index (χ4n) is 3.83. The van der Waals surface area contributed by atoms with E-state index in [4.69, 9.17) is 9.97 Å². The molecule has 5 atom stereocenters. The van der Waals surface area contributed by atoms with Crippen LogP contribution in [0.15, 0.2) is 18.5 Å². The monoisotopic (exact) mass is 444 g/mol. The van der Waals surface area contributed by atoms with Crippen molar-refractivity contribution in [1.29, 1.82) is 0 Å². The van der Waals surface area contributed by atoms with Crippen molar-refractivity contribution in [2.75, 3.05) is 17.2 Å². The summed E-state index contributed by atoms with van der Waals surface area (Å²) in [4.78, 5) is 18.2. The van der Waals surface area contributed by atoms with Crippen molar-refractivity contribution in [2.24, 2.45) is 5.92 Å². The lowest BCUT2D eigenvalue weighted by Crippen LogP contribution is -2.36. The zero-order valence-electron chi connectivity index (χ0n) is 17.8. The van der Waals surface area contributed by atoms with Crippen LogP contribution in [0.25, 0.3) is 20.8 Å². The van der Waals surface area contributed by atoms with E-state index in [0.717, 1.165) is 32.9 Å². The van der Waals surface area contributed by atoms with Gasteiger partial charge < -0.3 is 26.0 Å². The van der Waals surface area contributed by atoms with Crippen molar-refractivity contribution in [2.45, 2.75) is 57.9 Å². The first-order chi connectivity index (χ1) is 14.9. The number of aryl methyl sites for hydroxylation is 1. The first-order valence-corrected chi connectivity index (χ1v) is 11.3. The van der Waals surface area contributed by atoms with E-state index in [1.54, 1.807) is 12.4 Å². The molecule has 5 N–H and O–H groups in total. The van der Waals surface area contributed by atoms with Crippen molar-refractivity contribution in [3.05, 3.63) is 24.2 Å². The maximum atomic E-state index is 10.5. The second kappa shape index (κ2) is 8.99. The highest BCUT2D eigenvalue weighted by Crippen LogP contribution is 2.38. The number of aliphatic hydroxyl groups excluding tert-OH is 3. The third-order valence-corrected chi connectivity index (χ3v) is 6.89. The van der Waals surface area contributed by atoms with Crippen molar-refractivity contribution in [3.8, 4) is 10.6 Å². The number of thiazole rings is 1. The van der Waals surface area contributed by atoms with Crippen molar-refractivity contribution < 1.29 is 15.3 Å². The van der Waals surface area contributed by atoms with Crippen molar-refractivity contribution in [3.63, 3.8) is 0 Å². The van der Waals surface area contributed by atoms with Crippen LogP contribution in [-0.2, 0) is 0 Å². The molecular weight excluding hydrogens is 416 g/mol. The summed E-state index contributed by atoms with van der Waals surface area (Å²) >= 11 is 1.52. The zero-order valence-corrected chi connectivity index (χ0v) is 18.6. The van der Waals surface area contributed by atoms with Crippen LogP contribution in [-0.4, -0.2) is 66.2 Å². The first-order valence-electron chi connectivity index (χ1n) is 10.5. The Labute approximate surface area is 184 Å². The van der Waals surface area contributed by atoms with Crippen LogP contribution in [0.1, 0.15) is 32.4 Å². The number of aliphatic hydroxyl groups is 3. The number of anilines is 2. The largest absolute Gasteiger partial charge is 0.396 e. The predicted octanol–water partition coefficient (Wildman–Crippen LogP) is 2.18. The molecule has 0 spiro atoms. The summed E-state index contributed by atoms with van der Waals surface area (Å²) in [6.45, 7) is 5.87. The topological polar surface area (TPSA) is 136 Å². The smallest absolute Gasteiger partial charge is 0.225 e. The standard InChI is InChI=1S/C21H28N6O3S/c1-4-10(2)23-21-24-11(3)16(20-26-14-8-22-6-5-15(14)31-20)19(27-21)25-13-7-12(9-28)17(29)18(13)30/h5-6,8,10,12-13,17-18,28-30H,4,7,9H2,1-3H3,(H2,23,24,25,27)/t10-,12-,13-,17-,18+/m1/s1. The molecule has 9 nitrogen and oxygen atoms in total. The van der Waals surface area contributed by atoms with E-state index in [-0.39, 0.29) is 18.6 Å². The number of rotatable bonds is 7. The van der Waals surface area contributed by atoms with Crippen LogP contribution >= 0.6 is 11.3 Å². The number of nitrogens with zero attached hydrogens (tertiary/aromatic N) is 4. The quantitative estimate of drug-likeness (QED) is 0.371. The molecule has 0 radical (unpaired) electrons. The molecule has 166 valence electrons. The van der Waals surface area contributed by atoms with Gasteiger partial charge in [-0.2, -0.15) is 4.98 Å². The number of fused-ring (bicyclic) bond motifs is 1. The Balaban J connectivity index is 1.76. The lowest BCUT2D eigenvalue weighted by molar-refractivity contribution is 0.00446. The van der Waals surface area contributed by atoms with Gasteiger partial charge in [0.05, 0.1) is 34.3 Å². The van der Waals surface area contributed by atoms with E-state index >= 15 is 0 Å². The maximum Gasteiger partial charge on any atom is 0.225 e. The van der Waals surface area contributed by atoms with Crippen molar-refractivity contribution >= 4 is 33.3 Å². The van der Waals surface area contributed by atoms with E-state index in [1.807, 2.05) is 13.0 Å². The zero-order chi connectivity index (χ0) is 22.1. The number of hydrogen-bond donors (Lipinski definition) is 5. The van der Waals surface area contributed by atoms with Gasteiger partial charge in [-0.1, -0.05) is 6.92 Å². The van der Waals surface area contributed by atoms with Crippen LogP contribution in [0.2, 0.25) is 0 Å². The fourth-order valence-corrected chi connectivity index (χ4v) is 4.86. The Hall–Kier alpha value is -2.40. The minimum atomic E-state index is -1.01. The molecule has 1 saturated carbocycles. The second-order valence-electron chi connectivity index (χ2n) is 8.08. The van der Waals surface area contributed by atoms with Crippen LogP contribution in [0.3, 0.4) is 0 Å². The summed E-state index contributed by atoms with van der Waals surface area (Å²) in [5.41, 5.74) is 2.30. The lowest BCUT2D eigenvalue weighted by atomic mass is 10.1. The Morgan fingerprint density at radius 1 is 1.23 bits per heavy atom. The Bertz CT molecular complexity index is 1030. The molecule has 1 fully saturated rings. The molecule has 1 aliphatic carbocycles. The summed E-state index contributed by atoms with van der Waals surface area (Å²) in [7, 11) is 0. The molecule has 4 rings (SSSR count). The van der Waals surface area contributed by atoms with Gasteiger partial charge in [-0.3, -0.25) is 4.98 Å². The molecule has 3 aromatic rings. The van der Waals surface area contributed by atoms with Crippen LogP contribution < -0.4 is 10.6 Å². The predicted molar refractivity (Wildman–Crippen MR) is 121 cm³/mol. The molecular formula is C21H28N6O3S.